The third kappa shape index (κ3) is 2.18. The molecule has 0 amide bonds. The van der Waals surface area contributed by atoms with Crippen LogP contribution in [0.25, 0.3) is 11.1 Å². The van der Waals surface area contributed by atoms with Crippen LogP contribution in [0, 0.1) is 0 Å². The first-order chi connectivity index (χ1) is 7.70. The lowest BCUT2D eigenvalue weighted by Gasteiger charge is -2.06. The first-order valence-corrected chi connectivity index (χ1v) is 5.36. The van der Waals surface area contributed by atoms with E-state index in [1.165, 1.54) is 0 Å². The molecule has 2 nitrogen and oxygen atoms in total. The maximum absolute atomic E-state index is 9.52. The molecule has 16 heavy (non-hydrogen) atoms. The quantitative estimate of drug-likeness (QED) is 0.837. The van der Waals surface area contributed by atoms with Crippen LogP contribution in [-0.2, 0) is 6.54 Å². The Morgan fingerprint density at radius 2 is 1.62 bits per heavy atom. The number of aromatic hydroxyl groups is 1. The van der Waals surface area contributed by atoms with Crippen molar-refractivity contribution >= 4 is 11.6 Å². The molecule has 3 heteroatoms. The van der Waals surface area contributed by atoms with Gasteiger partial charge in [0.1, 0.15) is 5.75 Å². The van der Waals surface area contributed by atoms with E-state index in [2.05, 4.69) is 0 Å². The Morgan fingerprint density at radius 3 is 2.25 bits per heavy atom. The fourth-order valence-electron chi connectivity index (χ4n) is 1.57. The molecule has 2 rings (SSSR count). The van der Waals surface area contributed by atoms with Crippen LogP contribution in [-0.4, -0.2) is 5.11 Å². The minimum Gasteiger partial charge on any atom is -0.508 e. The summed E-state index contributed by atoms with van der Waals surface area (Å²) in [7, 11) is 0. The summed E-state index contributed by atoms with van der Waals surface area (Å²) in [5.41, 5.74) is 8.36. The first kappa shape index (κ1) is 11.0. The third-order valence-corrected chi connectivity index (χ3v) is 2.73. The van der Waals surface area contributed by atoms with Crippen LogP contribution >= 0.6 is 11.6 Å². The molecule has 0 aliphatic heterocycles. The summed E-state index contributed by atoms with van der Waals surface area (Å²) in [5, 5.41) is 10.2. The molecule has 0 aliphatic carbocycles. The second-order valence-corrected chi connectivity index (χ2v) is 3.99. The van der Waals surface area contributed by atoms with E-state index < -0.39 is 0 Å². The van der Waals surface area contributed by atoms with Gasteiger partial charge >= 0.3 is 0 Å². The smallest absolute Gasteiger partial charge is 0.120 e. The Kier molecular flexibility index (Phi) is 3.13. The average Bonchev–Trinajstić information content (AvgIpc) is 2.31. The second-order valence-electron chi connectivity index (χ2n) is 3.55. The van der Waals surface area contributed by atoms with Gasteiger partial charge in [0, 0.05) is 17.1 Å². The number of phenols is 1. The highest BCUT2D eigenvalue weighted by atomic mass is 35.5. The van der Waals surface area contributed by atoms with Crippen molar-refractivity contribution in [1.29, 1.82) is 0 Å². The van der Waals surface area contributed by atoms with Crippen LogP contribution in [0.2, 0.25) is 5.02 Å². The van der Waals surface area contributed by atoms with Gasteiger partial charge in [-0.25, -0.2) is 0 Å². The third-order valence-electron chi connectivity index (χ3n) is 2.48. The van der Waals surface area contributed by atoms with Crippen molar-refractivity contribution in [2.24, 2.45) is 5.73 Å². The number of phenolic OH excluding ortho intramolecular Hbond substituents is 1. The summed E-state index contributed by atoms with van der Waals surface area (Å²) >= 11 is 5.82. The van der Waals surface area contributed by atoms with Crippen LogP contribution in [0.3, 0.4) is 0 Å². The topological polar surface area (TPSA) is 46.2 Å². The van der Waals surface area contributed by atoms with Gasteiger partial charge in [0.25, 0.3) is 0 Å². The van der Waals surface area contributed by atoms with E-state index in [0.29, 0.717) is 11.6 Å². The van der Waals surface area contributed by atoms with Crippen molar-refractivity contribution in [2.75, 3.05) is 0 Å². The monoisotopic (exact) mass is 233 g/mol. The zero-order valence-corrected chi connectivity index (χ0v) is 9.41. The normalized spacial score (nSPS) is 10.4. The van der Waals surface area contributed by atoms with Gasteiger partial charge in [0.15, 0.2) is 0 Å². The molecule has 0 saturated carbocycles. The molecule has 0 spiro atoms. The van der Waals surface area contributed by atoms with Crippen LogP contribution in [0.1, 0.15) is 5.56 Å². The Labute approximate surface area is 99.3 Å². The zero-order valence-electron chi connectivity index (χ0n) is 8.65. The molecule has 0 saturated heterocycles. The zero-order chi connectivity index (χ0) is 11.5. The van der Waals surface area contributed by atoms with Crippen molar-refractivity contribution in [2.45, 2.75) is 6.54 Å². The Balaban J connectivity index is 2.44. The molecule has 0 aromatic heterocycles. The van der Waals surface area contributed by atoms with E-state index in [1.54, 1.807) is 6.07 Å². The van der Waals surface area contributed by atoms with E-state index >= 15 is 0 Å². The number of hydrogen-bond donors (Lipinski definition) is 2. The highest BCUT2D eigenvalue weighted by Gasteiger charge is 2.03. The number of hydrogen-bond acceptors (Lipinski definition) is 2. The Bertz CT molecular complexity index is 494. The SMILES string of the molecule is NCc1cc(-c2ccc(Cl)cc2)ccc1O. The predicted molar refractivity (Wildman–Crippen MR) is 66.4 cm³/mol. The number of benzene rings is 2. The number of rotatable bonds is 2. The van der Waals surface area contributed by atoms with Gasteiger partial charge in [0.05, 0.1) is 0 Å². The van der Waals surface area contributed by atoms with Gasteiger partial charge in [-0.15, -0.1) is 0 Å². The molecule has 0 aliphatic rings. The largest absolute Gasteiger partial charge is 0.508 e. The molecule has 82 valence electrons. The first-order valence-electron chi connectivity index (χ1n) is 4.98. The van der Waals surface area contributed by atoms with Crippen molar-refractivity contribution < 1.29 is 5.11 Å². The molecule has 2 aromatic carbocycles. The van der Waals surface area contributed by atoms with Gasteiger partial charge in [-0.3, -0.25) is 0 Å². The van der Waals surface area contributed by atoms with Crippen LogP contribution in [0.15, 0.2) is 42.5 Å². The Hall–Kier alpha value is -1.51. The summed E-state index contributed by atoms with van der Waals surface area (Å²) in [4.78, 5) is 0. The second kappa shape index (κ2) is 4.56. The van der Waals surface area contributed by atoms with E-state index in [0.717, 1.165) is 16.7 Å². The van der Waals surface area contributed by atoms with Gasteiger partial charge in [-0.1, -0.05) is 29.8 Å². The fourth-order valence-corrected chi connectivity index (χ4v) is 1.70. The van der Waals surface area contributed by atoms with Crippen molar-refractivity contribution in [1.82, 2.24) is 0 Å². The van der Waals surface area contributed by atoms with Crippen LogP contribution in [0.4, 0.5) is 0 Å². The molecule has 0 unspecified atom stereocenters. The van der Waals surface area contributed by atoms with Gasteiger partial charge in [-0.2, -0.15) is 0 Å². The molecule has 0 atom stereocenters. The molecule has 2 aromatic rings. The van der Waals surface area contributed by atoms with E-state index in [9.17, 15) is 5.11 Å². The van der Waals surface area contributed by atoms with E-state index in [1.807, 2.05) is 36.4 Å². The van der Waals surface area contributed by atoms with Crippen LogP contribution in [0.5, 0.6) is 5.75 Å². The minimum absolute atomic E-state index is 0.236. The summed E-state index contributed by atoms with van der Waals surface area (Å²) in [5.74, 6) is 0.236. The average molecular weight is 234 g/mol. The van der Waals surface area contributed by atoms with E-state index in [4.69, 9.17) is 17.3 Å². The predicted octanol–water partition coefficient (Wildman–Crippen LogP) is 3.17. The van der Waals surface area contributed by atoms with Gasteiger partial charge in [0.2, 0.25) is 0 Å². The minimum atomic E-state index is 0.236. The molecular formula is C13H12ClNO. The lowest BCUT2D eigenvalue weighted by molar-refractivity contribution is 0.468. The number of halogens is 1. The molecule has 3 N–H and O–H groups in total. The molecule has 0 bridgehead atoms. The molecule has 0 fully saturated rings. The van der Waals surface area contributed by atoms with Crippen molar-refractivity contribution in [3.63, 3.8) is 0 Å². The maximum atomic E-state index is 9.52. The standard InChI is InChI=1S/C13H12ClNO/c14-12-4-1-9(2-5-12)10-3-6-13(16)11(7-10)8-15/h1-7,16H,8,15H2. The fraction of sp³-hybridized carbons (Fsp3) is 0.0769. The summed E-state index contributed by atoms with van der Waals surface area (Å²) in [6, 6.07) is 13.0. The highest BCUT2D eigenvalue weighted by Crippen LogP contribution is 2.26. The lowest BCUT2D eigenvalue weighted by atomic mass is 10.0. The van der Waals surface area contributed by atoms with Crippen molar-refractivity contribution in [3.05, 3.63) is 53.1 Å². The van der Waals surface area contributed by atoms with Crippen LogP contribution < -0.4 is 5.73 Å². The maximum Gasteiger partial charge on any atom is 0.120 e. The van der Waals surface area contributed by atoms with E-state index in [-0.39, 0.29) is 5.75 Å². The summed E-state index contributed by atoms with van der Waals surface area (Å²) in [6.07, 6.45) is 0. The molecule has 0 radical (unpaired) electrons. The number of nitrogens with two attached hydrogens (primary N) is 1. The van der Waals surface area contributed by atoms with Crippen molar-refractivity contribution in [3.8, 4) is 16.9 Å². The Morgan fingerprint density at radius 1 is 1.00 bits per heavy atom. The summed E-state index contributed by atoms with van der Waals surface area (Å²) in [6.45, 7) is 0.327. The van der Waals surface area contributed by atoms with Gasteiger partial charge in [-0.05, 0) is 35.4 Å². The molecular weight excluding hydrogens is 222 g/mol. The van der Waals surface area contributed by atoms with Gasteiger partial charge < -0.3 is 10.8 Å². The molecule has 0 heterocycles. The lowest BCUT2D eigenvalue weighted by Crippen LogP contribution is -1.96. The highest BCUT2D eigenvalue weighted by molar-refractivity contribution is 6.30. The summed E-state index contributed by atoms with van der Waals surface area (Å²) < 4.78 is 0.